The quantitative estimate of drug-likeness (QED) is 0.932. The molecule has 2 rings (SSSR count). The predicted octanol–water partition coefficient (Wildman–Crippen LogP) is 2.58. The molecular formula is C12H14BrNO2S. The van der Waals surface area contributed by atoms with Crippen molar-refractivity contribution < 1.29 is 8.42 Å². The Bertz CT molecular complexity index is 576. The van der Waals surface area contributed by atoms with Gasteiger partial charge in [0, 0.05) is 22.5 Å². The van der Waals surface area contributed by atoms with Gasteiger partial charge >= 0.3 is 0 Å². The lowest BCUT2D eigenvalue weighted by Gasteiger charge is -2.09. The fourth-order valence-electron chi connectivity index (χ4n) is 1.81. The van der Waals surface area contributed by atoms with Crippen molar-refractivity contribution in [1.82, 2.24) is 5.32 Å². The van der Waals surface area contributed by atoms with Crippen LogP contribution in [0.1, 0.15) is 19.4 Å². The van der Waals surface area contributed by atoms with E-state index in [1.54, 1.807) is 6.07 Å². The van der Waals surface area contributed by atoms with E-state index in [0.29, 0.717) is 22.0 Å². The highest BCUT2D eigenvalue weighted by molar-refractivity contribution is 9.10. The Labute approximate surface area is 110 Å². The zero-order chi connectivity index (χ0) is 12.6. The third-order valence-corrected chi connectivity index (χ3v) is 5.12. The van der Waals surface area contributed by atoms with Gasteiger partial charge in [-0.1, -0.05) is 26.0 Å². The summed E-state index contributed by atoms with van der Waals surface area (Å²) in [7, 11) is -3.28. The molecule has 17 heavy (non-hydrogen) atoms. The third kappa shape index (κ3) is 2.46. The highest BCUT2D eigenvalue weighted by atomic mass is 79.9. The Morgan fingerprint density at radius 1 is 1.35 bits per heavy atom. The lowest BCUT2D eigenvalue weighted by molar-refractivity contribution is 0.605. The summed E-state index contributed by atoms with van der Waals surface area (Å²) in [5.74, 6) is 0. The van der Waals surface area contributed by atoms with Crippen LogP contribution in [0, 0.1) is 0 Å². The fourth-order valence-corrected chi connectivity index (χ4v) is 4.40. The second-order valence-corrected chi connectivity index (χ2v) is 6.93. The second kappa shape index (κ2) is 4.55. The minimum absolute atomic E-state index is 0.329. The summed E-state index contributed by atoms with van der Waals surface area (Å²) in [6.07, 6.45) is 0. The molecular weight excluding hydrogens is 302 g/mol. The minimum Gasteiger partial charge on any atom is -0.310 e. The van der Waals surface area contributed by atoms with E-state index in [4.69, 9.17) is 0 Å². The van der Waals surface area contributed by atoms with Crippen LogP contribution in [0.4, 0.5) is 0 Å². The SMILES string of the molecule is CC(C)NCC1=CS(=O)(=O)c2c(Br)cccc21. The molecule has 1 aliphatic heterocycles. The summed E-state index contributed by atoms with van der Waals surface area (Å²) in [5.41, 5.74) is 1.63. The highest BCUT2D eigenvalue weighted by Crippen LogP contribution is 2.37. The fraction of sp³-hybridized carbons (Fsp3) is 0.333. The van der Waals surface area contributed by atoms with E-state index in [1.165, 1.54) is 5.41 Å². The molecule has 1 aromatic carbocycles. The molecule has 1 aliphatic rings. The molecule has 0 aromatic heterocycles. The van der Waals surface area contributed by atoms with E-state index in [-0.39, 0.29) is 0 Å². The lowest BCUT2D eigenvalue weighted by Crippen LogP contribution is -2.24. The molecule has 0 spiro atoms. The smallest absolute Gasteiger partial charge is 0.201 e. The van der Waals surface area contributed by atoms with Crippen molar-refractivity contribution in [3.63, 3.8) is 0 Å². The second-order valence-electron chi connectivity index (χ2n) is 4.34. The van der Waals surface area contributed by atoms with Crippen LogP contribution in [0.3, 0.4) is 0 Å². The number of hydrogen-bond donors (Lipinski definition) is 1. The van der Waals surface area contributed by atoms with E-state index < -0.39 is 9.84 Å². The van der Waals surface area contributed by atoms with Crippen LogP contribution in [-0.2, 0) is 9.84 Å². The Kier molecular flexibility index (Phi) is 3.43. The monoisotopic (exact) mass is 315 g/mol. The summed E-state index contributed by atoms with van der Waals surface area (Å²) >= 11 is 3.30. The van der Waals surface area contributed by atoms with E-state index in [2.05, 4.69) is 21.2 Å². The molecule has 5 heteroatoms. The molecule has 1 N–H and O–H groups in total. The number of rotatable bonds is 3. The average Bonchev–Trinajstić information content (AvgIpc) is 2.49. The zero-order valence-corrected chi connectivity index (χ0v) is 12.1. The Morgan fingerprint density at radius 3 is 2.71 bits per heavy atom. The third-order valence-electron chi connectivity index (χ3n) is 2.60. The van der Waals surface area contributed by atoms with Crippen LogP contribution >= 0.6 is 15.9 Å². The molecule has 3 nitrogen and oxygen atoms in total. The van der Waals surface area contributed by atoms with Crippen molar-refractivity contribution in [3.8, 4) is 0 Å². The van der Waals surface area contributed by atoms with Gasteiger partial charge in [0.1, 0.15) is 0 Å². The van der Waals surface area contributed by atoms with Gasteiger partial charge < -0.3 is 5.32 Å². The number of halogens is 1. The van der Waals surface area contributed by atoms with Crippen molar-refractivity contribution in [1.29, 1.82) is 0 Å². The molecule has 1 heterocycles. The summed E-state index contributed by atoms with van der Waals surface area (Å²) in [4.78, 5) is 0.389. The standard InChI is InChI=1S/C12H14BrNO2S/c1-8(2)14-6-9-7-17(15,16)12-10(9)4-3-5-11(12)13/h3-5,7-8,14H,6H2,1-2H3. The van der Waals surface area contributed by atoms with Gasteiger partial charge in [0.2, 0.25) is 9.84 Å². The lowest BCUT2D eigenvalue weighted by atomic mass is 10.1. The minimum atomic E-state index is -3.28. The first-order valence-electron chi connectivity index (χ1n) is 5.40. The summed E-state index contributed by atoms with van der Waals surface area (Å²) in [6, 6.07) is 5.78. The maximum atomic E-state index is 12.0. The van der Waals surface area contributed by atoms with E-state index in [1.807, 2.05) is 26.0 Å². The van der Waals surface area contributed by atoms with Crippen LogP contribution in [0.5, 0.6) is 0 Å². The first-order valence-corrected chi connectivity index (χ1v) is 7.73. The van der Waals surface area contributed by atoms with Gasteiger partial charge in [0.25, 0.3) is 0 Å². The molecule has 0 fully saturated rings. The molecule has 0 saturated heterocycles. The van der Waals surface area contributed by atoms with Gasteiger partial charge in [-0.3, -0.25) is 0 Å². The Hall–Kier alpha value is -0.650. The van der Waals surface area contributed by atoms with Crippen LogP contribution < -0.4 is 5.32 Å². The van der Waals surface area contributed by atoms with Gasteiger partial charge in [-0.15, -0.1) is 0 Å². The zero-order valence-electron chi connectivity index (χ0n) is 9.70. The topological polar surface area (TPSA) is 46.2 Å². The number of hydrogen-bond acceptors (Lipinski definition) is 3. The van der Waals surface area contributed by atoms with Gasteiger partial charge in [0.15, 0.2) is 0 Å². The molecule has 0 saturated carbocycles. The van der Waals surface area contributed by atoms with E-state index in [9.17, 15) is 8.42 Å². The molecule has 0 aliphatic carbocycles. The van der Waals surface area contributed by atoms with Crippen LogP contribution in [0.15, 0.2) is 33.0 Å². The highest BCUT2D eigenvalue weighted by Gasteiger charge is 2.28. The van der Waals surface area contributed by atoms with Gasteiger partial charge in [0.05, 0.1) is 4.90 Å². The van der Waals surface area contributed by atoms with E-state index >= 15 is 0 Å². The number of fused-ring (bicyclic) bond motifs is 1. The maximum Gasteiger partial charge on any atom is 0.201 e. The Balaban J connectivity index is 2.44. The van der Waals surface area contributed by atoms with Crippen molar-refractivity contribution in [2.24, 2.45) is 0 Å². The van der Waals surface area contributed by atoms with Crippen molar-refractivity contribution >= 4 is 31.3 Å². The largest absolute Gasteiger partial charge is 0.310 e. The number of nitrogens with one attached hydrogen (secondary N) is 1. The van der Waals surface area contributed by atoms with Crippen LogP contribution in [0.25, 0.3) is 5.57 Å². The molecule has 0 amide bonds. The molecule has 0 bridgehead atoms. The maximum absolute atomic E-state index is 12.0. The van der Waals surface area contributed by atoms with Crippen LogP contribution in [0.2, 0.25) is 0 Å². The molecule has 92 valence electrons. The molecule has 0 radical (unpaired) electrons. The van der Waals surface area contributed by atoms with Crippen molar-refractivity contribution in [2.75, 3.05) is 6.54 Å². The van der Waals surface area contributed by atoms with Gasteiger partial charge in [-0.25, -0.2) is 8.42 Å². The summed E-state index contributed by atoms with van der Waals surface area (Å²) in [5, 5.41) is 4.60. The molecule has 0 unspecified atom stereocenters. The number of benzene rings is 1. The summed E-state index contributed by atoms with van der Waals surface area (Å²) < 4.78 is 24.6. The van der Waals surface area contributed by atoms with Crippen LogP contribution in [-0.4, -0.2) is 21.0 Å². The Morgan fingerprint density at radius 2 is 2.06 bits per heavy atom. The number of sulfone groups is 1. The van der Waals surface area contributed by atoms with E-state index in [0.717, 1.165) is 11.1 Å². The van der Waals surface area contributed by atoms with Gasteiger partial charge in [-0.05, 0) is 33.1 Å². The van der Waals surface area contributed by atoms with Crippen molar-refractivity contribution in [3.05, 3.63) is 33.6 Å². The van der Waals surface area contributed by atoms with Gasteiger partial charge in [-0.2, -0.15) is 0 Å². The summed E-state index contributed by atoms with van der Waals surface area (Å²) in [6.45, 7) is 4.64. The predicted molar refractivity (Wildman–Crippen MR) is 72.4 cm³/mol. The first kappa shape index (κ1) is 12.8. The first-order chi connectivity index (χ1) is 7.92. The normalized spacial score (nSPS) is 17.1. The average molecular weight is 316 g/mol. The van der Waals surface area contributed by atoms with Crippen molar-refractivity contribution in [2.45, 2.75) is 24.8 Å². The molecule has 0 atom stereocenters. The molecule has 1 aromatic rings.